The molecular weight excluding hydrogens is 388 g/mol. The van der Waals surface area contributed by atoms with E-state index < -0.39 is 0 Å². The third-order valence-corrected chi connectivity index (χ3v) is 6.03. The minimum absolute atomic E-state index is 0.0871. The van der Waals surface area contributed by atoms with Gasteiger partial charge >= 0.3 is 0 Å². The number of nitrogens with two attached hydrogens (primary N) is 1. The summed E-state index contributed by atoms with van der Waals surface area (Å²) in [7, 11) is 0. The van der Waals surface area contributed by atoms with Crippen molar-refractivity contribution in [2.45, 2.75) is 37.8 Å². The van der Waals surface area contributed by atoms with E-state index in [0.29, 0.717) is 23.3 Å². The summed E-state index contributed by atoms with van der Waals surface area (Å²) in [5.41, 5.74) is 7.89. The largest absolute Gasteiger partial charge is 0.474 e. The van der Waals surface area contributed by atoms with Crippen LogP contribution in [-0.4, -0.2) is 46.0 Å². The molecule has 2 aromatic rings. The molecular formula is C21H24N4O3S. The van der Waals surface area contributed by atoms with Gasteiger partial charge in [-0.05, 0) is 24.5 Å². The van der Waals surface area contributed by atoms with Crippen LogP contribution < -0.4 is 10.5 Å². The molecule has 2 aliphatic heterocycles. The van der Waals surface area contributed by atoms with E-state index in [4.69, 9.17) is 15.2 Å². The fourth-order valence-corrected chi connectivity index (χ4v) is 4.29. The zero-order valence-corrected chi connectivity index (χ0v) is 17.2. The van der Waals surface area contributed by atoms with Crippen LogP contribution in [0.15, 0.2) is 41.7 Å². The SMILES string of the molecule is C[C@@]1(c2cccc(CC(=O)c3cnc(OCC4CCO4)cn3)c2)CCSC(N)=N1. The van der Waals surface area contributed by atoms with Gasteiger partial charge in [-0.15, -0.1) is 0 Å². The molecule has 1 aromatic carbocycles. The summed E-state index contributed by atoms with van der Waals surface area (Å²) < 4.78 is 10.8. The monoisotopic (exact) mass is 412 g/mol. The maximum atomic E-state index is 12.7. The highest BCUT2D eigenvalue weighted by atomic mass is 32.2. The summed E-state index contributed by atoms with van der Waals surface area (Å²) in [6.45, 7) is 3.32. The van der Waals surface area contributed by atoms with Gasteiger partial charge in [0, 0.05) is 25.2 Å². The van der Waals surface area contributed by atoms with E-state index in [0.717, 1.165) is 36.3 Å². The van der Waals surface area contributed by atoms with E-state index in [-0.39, 0.29) is 23.8 Å². The van der Waals surface area contributed by atoms with E-state index >= 15 is 0 Å². The number of benzene rings is 1. The van der Waals surface area contributed by atoms with Crippen molar-refractivity contribution in [3.8, 4) is 5.88 Å². The minimum Gasteiger partial charge on any atom is -0.474 e. The molecule has 2 aliphatic rings. The average molecular weight is 413 g/mol. The lowest BCUT2D eigenvalue weighted by Crippen LogP contribution is -2.32. The fraction of sp³-hybridized carbons (Fsp3) is 0.429. The molecule has 0 aliphatic carbocycles. The van der Waals surface area contributed by atoms with Gasteiger partial charge in [0.05, 0.1) is 24.0 Å². The number of aliphatic imine (C=N–C) groups is 1. The van der Waals surface area contributed by atoms with Crippen molar-refractivity contribution >= 4 is 22.7 Å². The van der Waals surface area contributed by atoms with E-state index in [1.165, 1.54) is 12.4 Å². The Hall–Kier alpha value is -2.45. The van der Waals surface area contributed by atoms with E-state index in [2.05, 4.69) is 21.9 Å². The van der Waals surface area contributed by atoms with E-state index in [9.17, 15) is 4.79 Å². The third-order valence-electron chi connectivity index (χ3n) is 5.23. The Labute approximate surface area is 174 Å². The zero-order valence-electron chi connectivity index (χ0n) is 16.3. The minimum atomic E-state index is -0.350. The summed E-state index contributed by atoms with van der Waals surface area (Å²) in [5.74, 6) is 1.25. The Morgan fingerprint density at radius 3 is 2.93 bits per heavy atom. The quantitative estimate of drug-likeness (QED) is 0.698. The molecule has 0 bridgehead atoms. The smallest absolute Gasteiger partial charge is 0.232 e. The molecule has 0 spiro atoms. The van der Waals surface area contributed by atoms with Crippen LogP contribution in [0.2, 0.25) is 0 Å². The van der Waals surface area contributed by atoms with Crippen molar-refractivity contribution in [2.24, 2.45) is 10.7 Å². The first kappa shape index (κ1) is 19.8. The lowest BCUT2D eigenvalue weighted by atomic mass is 9.88. The van der Waals surface area contributed by atoms with Crippen molar-refractivity contribution in [3.63, 3.8) is 0 Å². The molecule has 0 saturated carbocycles. The van der Waals surface area contributed by atoms with Gasteiger partial charge in [-0.2, -0.15) is 0 Å². The number of ketones is 1. The van der Waals surface area contributed by atoms with Crippen LogP contribution in [0, 0.1) is 0 Å². The van der Waals surface area contributed by atoms with Crippen LogP contribution in [0.5, 0.6) is 5.88 Å². The van der Waals surface area contributed by atoms with Crippen LogP contribution in [0.4, 0.5) is 0 Å². The molecule has 0 radical (unpaired) electrons. The van der Waals surface area contributed by atoms with E-state index in [1.54, 1.807) is 11.8 Å². The second-order valence-corrected chi connectivity index (χ2v) is 8.57. The second-order valence-electron chi connectivity index (χ2n) is 7.46. The maximum absolute atomic E-state index is 12.7. The van der Waals surface area contributed by atoms with Gasteiger partial charge in [0.2, 0.25) is 5.88 Å². The number of carbonyl (C=O) groups is 1. The fourth-order valence-electron chi connectivity index (χ4n) is 3.32. The number of Topliss-reactive ketones (excluding diaryl/α,β-unsaturated/α-hetero) is 1. The number of aromatic nitrogens is 2. The van der Waals surface area contributed by atoms with Crippen molar-refractivity contribution < 1.29 is 14.3 Å². The van der Waals surface area contributed by atoms with Crippen molar-refractivity contribution in [2.75, 3.05) is 19.0 Å². The Balaban J connectivity index is 1.41. The number of ether oxygens (including phenoxy) is 2. The second kappa shape index (κ2) is 8.51. The molecule has 4 rings (SSSR count). The van der Waals surface area contributed by atoms with Crippen LogP contribution in [0.25, 0.3) is 0 Å². The molecule has 3 heterocycles. The molecule has 8 heteroatoms. The van der Waals surface area contributed by atoms with Crippen LogP contribution in [0.1, 0.15) is 41.4 Å². The topological polar surface area (TPSA) is 99.7 Å². The number of hydrogen-bond acceptors (Lipinski definition) is 8. The first-order chi connectivity index (χ1) is 14.0. The van der Waals surface area contributed by atoms with Gasteiger partial charge in [-0.1, -0.05) is 36.0 Å². The van der Waals surface area contributed by atoms with Crippen LogP contribution in [-0.2, 0) is 16.7 Å². The lowest BCUT2D eigenvalue weighted by Gasteiger charge is -2.30. The standard InChI is InChI=1S/C21H24N4O3S/c1-21(6-8-29-20(22)25-21)15-4-2-3-14(9-15)10-18(26)17-11-24-19(12-23-17)28-13-16-5-7-27-16/h2-4,9,11-12,16H,5-8,10,13H2,1H3,(H2,22,25)/t16?,21-/m0/s1. The Kier molecular flexibility index (Phi) is 5.82. The molecule has 2 N–H and O–H groups in total. The number of amidine groups is 1. The Morgan fingerprint density at radius 2 is 2.24 bits per heavy atom. The first-order valence-corrected chi connectivity index (χ1v) is 10.7. The predicted molar refractivity (Wildman–Crippen MR) is 112 cm³/mol. The molecule has 0 amide bonds. The number of rotatable bonds is 7. The highest BCUT2D eigenvalue weighted by Gasteiger charge is 2.29. The maximum Gasteiger partial charge on any atom is 0.232 e. The summed E-state index contributed by atoms with van der Waals surface area (Å²) in [6.07, 6.45) is 5.25. The van der Waals surface area contributed by atoms with Gasteiger partial charge in [-0.25, -0.2) is 9.97 Å². The van der Waals surface area contributed by atoms with Crippen LogP contribution >= 0.6 is 11.8 Å². The normalized spacial score (nSPS) is 23.8. The summed E-state index contributed by atoms with van der Waals surface area (Å²) in [5, 5.41) is 0.613. The number of carbonyl (C=O) groups excluding carboxylic acids is 1. The number of hydrogen-bond donors (Lipinski definition) is 1. The number of thioether (sulfide) groups is 1. The Bertz CT molecular complexity index is 914. The van der Waals surface area contributed by atoms with Gasteiger partial charge in [0.15, 0.2) is 11.0 Å². The van der Waals surface area contributed by atoms with Gasteiger partial charge in [0.25, 0.3) is 0 Å². The van der Waals surface area contributed by atoms with Crippen molar-refractivity contribution in [1.29, 1.82) is 0 Å². The van der Waals surface area contributed by atoms with Gasteiger partial charge < -0.3 is 15.2 Å². The van der Waals surface area contributed by atoms with Crippen LogP contribution in [0.3, 0.4) is 0 Å². The van der Waals surface area contributed by atoms with Gasteiger partial charge in [-0.3, -0.25) is 9.79 Å². The molecule has 1 unspecified atom stereocenters. The summed E-state index contributed by atoms with van der Waals surface area (Å²) in [4.78, 5) is 25.7. The molecule has 7 nitrogen and oxygen atoms in total. The Morgan fingerprint density at radius 1 is 1.38 bits per heavy atom. The molecule has 1 fully saturated rings. The van der Waals surface area contributed by atoms with E-state index in [1.807, 2.05) is 24.3 Å². The zero-order chi connectivity index (χ0) is 20.3. The average Bonchev–Trinajstić information content (AvgIpc) is 2.67. The van der Waals surface area contributed by atoms with Gasteiger partial charge in [0.1, 0.15) is 12.3 Å². The first-order valence-electron chi connectivity index (χ1n) is 9.69. The highest BCUT2D eigenvalue weighted by Crippen LogP contribution is 2.35. The highest BCUT2D eigenvalue weighted by molar-refractivity contribution is 8.13. The molecule has 2 atom stereocenters. The number of nitrogens with zero attached hydrogens (tertiary/aromatic N) is 3. The molecule has 1 saturated heterocycles. The van der Waals surface area contributed by atoms with Crippen molar-refractivity contribution in [1.82, 2.24) is 9.97 Å². The summed E-state index contributed by atoms with van der Waals surface area (Å²) in [6, 6.07) is 7.98. The lowest BCUT2D eigenvalue weighted by molar-refractivity contribution is -0.0727. The van der Waals surface area contributed by atoms with Crippen molar-refractivity contribution in [3.05, 3.63) is 53.5 Å². The molecule has 152 valence electrons. The third kappa shape index (κ3) is 4.76. The molecule has 29 heavy (non-hydrogen) atoms. The molecule has 1 aromatic heterocycles. The summed E-state index contributed by atoms with van der Waals surface area (Å²) >= 11 is 1.58. The predicted octanol–water partition coefficient (Wildman–Crippen LogP) is 2.74.